The minimum atomic E-state index is -0.868. The second kappa shape index (κ2) is 16.6. The molecule has 8 heteroatoms. The molecule has 0 bridgehead atoms. The van der Waals surface area contributed by atoms with E-state index in [1.165, 1.54) is 0 Å². The zero-order chi connectivity index (χ0) is 32.2. The van der Waals surface area contributed by atoms with Gasteiger partial charge >= 0.3 is 11.9 Å². The summed E-state index contributed by atoms with van der Waals surface area (Å²) >= 11 is 0. The summed E-state index contributed by atoms with van der Waals surface area (Å²) in [6.07, 6.45) is 5.31. The Morgan fingerprint density at radius 1 is 0.628 bits per heavy atom. The van der Waals surface area contributed by atoms with Gasteiger partial charge in [-0.3, -0.25) is 0 Å². The largest absolute Gasteiger partial charge is 0.489 e. The molecule has 43 heavy (non-hydrogen) atoms. The second-order valence-electron chi connectivity index (χ2n) is 10.7. The van der Waals surface area contributed by atoms with E-state index in [0.29, 0.717) is 83.2 Å². The van der Waals surface area contributed by atoms with E-state index in [2.05, 4.69) is 13.2 Å². The molecule has 0 heterocycles. The molecule has 0 N–H and O–H groups in total. The fraction of sp³-hybridized carbons (Fsp3) is 0.486. The average molecular weight is 597 g/mol. The van der Waals surface area contributed by atoms with E-state index in [9.17, 15) is 9.59 Å². The normalized spacial score (nSPS) is 11.0. The zero-order valence-electron chi connectivity index (χ0n) is 27.1. The quantitative estimate of drug-likeness (QED) is 0.0972. The van der Waals surface area contributed by atoms with Crippen LogP contribution in [0.2, 0.25) is 0 Å². The molecule has 2 rings (SSSR count). The maximum absolute atomic E-state index is 12.4. The van der Waals surface area contributed by atoms with Crippen LogP contribution in [0.5, 0.6) is 34.5 Å². The van der Waals surface area contributed by atoms with Crippen molar-refractivity contribution >= 4 is 11.9 Å². The van der Waals surface area contributed by atoms with Crippen LogP contribution in [0.25, 0.3) is 0 Å². The van der Waals surface area contributed by atoms with Crippen LogP contribution in [0.3, 0.4) is 0 Å². The standard InChI is InChI=1S/C35H48O8/c1-11-17-38-31-23(7)27(42-29(36)15-5)21-25(33(31)40-19-13-3)35(9,10)26-22-28(43-30(37)16-6)24(8)32(39-18-12-2)34(26)41-20-14-4/h15-16,21-22H,5-6,11-14,17-20H2,1-4,7-10H3. The Bertz CT molecular complexity index is 1190. The highest BCUT2D eigenvalue weighted by molar-refractivity contribution is 5.85. The van der Waals surface area contributed by atoms with Gasteiger partial charge in [0, 0.05) is 39.8 Å². The Labute approximate surface area is 257 Å². The molecule has 236 valence electrons. The van der Waals surface area contributed by atoms with Crippen LogP contribution in [-0.2, 0) is 15.0 Å². The lowest BCUT2D eigenvalue weighted by atomic mass is 9.76. The van der Waals surface area contributed by atoms with Crippen molar-refractivity contribution in [1.82, 2.24) is 0 Å². The summed E-state index contributed by atoms with van der Waals surface area (Å²) in [5, 5.41) is 0. The maximum atomic E-state index is 12.4. The lowest BCUT2D eigenvalue weighted by molar-refractivity contribution is -0.129. The van der Waals surface area contributed by atoms with E-state index in [-0.39, 0.29) is 0 Å². The lowest BCUT2D eigenvalue weighted by Gasteiger charge is -2.33. The number of esters is 2. The molecule has 0 atom stereocenters. The molecule has 0 aliphatic rings. The first kappa shape index (κ1) is 35.3. The number of hydrogen-bond acceptors (Lipinski definition) is 8. The van der Waals surface area contributed by atoms with Crippen molar-refractivity contribution in [1.29, 1.82) is 0 Å². The Hall–Kier alpha value is -3.94. The van der Waals surface area contributed by atoms with Crippen molar-refractivity contribution in [2.45, 2.75) is 86.5 Å². The van der Waals surface area contributed by atoms with Gasteiger partial charge in [0.2, 0.25) is 0 Å². The van der Waals surface area contributed by atoms with Crippen molar-refractivity contribution in [3.8, 4) is 34.5 Å². The predicted molar refractivity (Wildman–Crippen MR) is 169 cm³/mol. The summed E-state index contributed by atoms with van der Waals surface area (Å²) in [7, 11) is 0. The fourth-order valence-electron chi connectivity index (χ4n) is 4.46. The Balaban J connectivity index is 3.06. The highest BCUT2D eigenvalue weighted by Gasteiger charge is 2.37. The molecular weight excluding hydrogens is 548 g/mol. The molecule has 0 saturated carbocycles. The third kappa shape index (κ3) is 8.55. The molecular formula is C35H48O8. The Kier molecular flexibility index (Phi) is 13.6. The molecule has 0 unspecified atom stereocenters. The zero-order valence-corrected chi connectivity index (χ0v) is 27.1. The van der Waals surface area contributed by atoms with Crippen molar-refractivity contribution < 1.29 is 38.0 Å². The first-order valence-electron chi connectivity index (χ1n) is 15.1. The topological polar surface area (TPSA) is 89.5 Å². The van der Waals surface area contributed by atoms with E-state index in [0.717, 1.165) is 37.8 Å². The van der Waals surface area contributed by atoms with Gasteiger partial charge in [0.05, 0.1) is 26.4 Å². The second-order valence-corrected chi connectivity index (χ2v) is 10.7. The number of carbonyl (C=O) groups excluding carboxylic acids is 2. The number of benzene rings is 2. The summed E-state index contributed by atoms with van der Waals surface area (Å²) in [6.45, 7) is 24.6. The minimum absolute atomic E-state index is 0.326. The molecule has 0 fully saturated rings. The highest BCUT2D eigenvalue weighted by Crippen LogP contribution is 2.52. The molecule has 0 spiro atoms. The van der Waals surface area contributed by atoms with Crippen molar-refractivity contribution in [2.75, 3.05) is 26.4 Å². The predicted octanol–water partition coefficient (Wildman–Crippen LogP) is 7.97. The van der Waals surface area contributed by atoms with Crippen LogP contribution in [0, 0.1) is 13.8 Å². The van der Waals surface area contributed by atoms with Crippen molar-refractivity contribution in [2.24, 2.45) is 0 Å². The van der Waals surface area contributed by atoms with E-state index in [1.54, 1.807) is 12.1 Å². The maximum Gasteiger partial charge on any atom is 0.335 e. The molecule has 0 aliphatic heterocycles. The first-order valence-corrected chi connectivity index (χ1v) is 15.1. The van der Waals surface area contributed by atoms with Gasteiger partial charge in [0.15, 0.2) is 23.0 Å². The minimum Gasteiger partial charge on any atom is -0.489 e. The van der Waals surface area contributed by atoms with E-state index >= 15 is 0 Å². The van der Waals surface area contributed by atoms with Crippen LogP contribution in [-0.4, -0.2) is 38.4 Å². The number of carbonyl (C=O) groups is 2. The number of rotatable bonds is 18. The molecule has 2 aromatic rings. The van der Waals surface area contributed by atoms with E-state index < -0.39 is 17.4 Å². The van der Waals surface area contributed by atoms with E-state index in [1.807, 2.05) is 55.4 Å². The third-order valence-electron chi connectivity index (χ3n) is 6.78. The molecule has 0 saturated heterocycles. The monoisotopic (exact) mass is 596 g/mol. The van der Waals surface area contributed by atoms with Gasteiger partial charge in [-0.25, -0.2) is 9.59 Å². The third-order valence-corrected chi connectivity index (χ3v) is 6.78. The molecule has 0 radical (unpaired) electrons. The lowest BCUT2D eigenvalue weighted by Crippen LogP contribution is -2.24. The van der Waals surface area contributed by atoms with Crippen LogP contribution in [0.4, 0.5) is 0 Å². The summed E-state index contributed by atoms with van der Waals surface area (Å²) in [5.74, 6) is 1.54. The van der Waals surface area contributed by atoms with Crippen LogP contribution >= 0.6 is 0 Å². The van der Waals surface area contributed by atoms with Crippen molar-refractivity contribution in [3.63, 3.8) is 0 Å². The number of hydrogen-bond donors (Lipinski definition) is 0. The van der Waals surface area contributed by atoms with Crippen LogP contribution in [0.1, 0.15) is 89.5 Å². The smallest absolute Gasteiger partial charge is 0.335 e. The SMILES string of the molecule is C=CC(=O)Oc1cc(C(C)(C)c2cc(OC(=O)C=C)c(C)c(OCCC)c2OCCC)c(OCCC)c(OCCC)c1C. The van der Waals surface area contributed by atoms with Gasteiger partial charge in [-0.05, 0) is 51.7 Å². The molecule has 0 aliphatic carbocycles. The molecule has 0 amide bonds. The average Bonchev–Trinajstić information content (AvgIpc) is 2.99. The van der Waals surface area contributed by atoms with Crippen LogP contribution < -0.4 is 28.4 Å². The molecule has 2 aromatic carbocycles. The molecule has 0 aromatic heterocycles. The van der Waals surface area contributed by atoms with Gasteiger partial charge in [0.25, 0.3) is 0 Å². The summed E-state index contributed by atoms with van der Waals surface area (Å²) in [5.41, 5.74) is 1.78. The van der Waals surface area contributed by atoms with Crippen molar-refractivity contribution in [3.05, 3.63) is 59.7 Å². The Morgan fingerprint density at radius 3 is 1.21 bits per heavy atom. The summed E-state index contributed by atoms with van der Waals surface area (Å²) in [4.78, 5) is 24.7. The van der Waals surface area contributed by atoms with Gasteiger partial charge in [-0.1, -0.05) is 54.7 Å². The summed E-state index contributed by atoms with van der Waals surface area (Å²) in [6, 6.07) is 3.60. The number of ether oxygens (including phenoxy) is 6. The molecule has 8 nitrogen and oxygen atoms in total. The Morgan fingerprint density at radius 2 is 0.930 bits per heavy atom. The first-order chi connectivity index (χ1) is 20.5. The van der Waals surface area contributed by atoms with Gasteiger partial charge in [0.1, 0.15) is 11.5 Å². The fourth-order valence-corrected chi connectivity index (χ4v) is 4.46. The van der Waals surface area contributed by atoms with Gasteiger partial charge in [-0.2, -0.15) is 0 Å². The van der Waals surface area contributed by atoms with E-state index in [4.69, 9.17) is 28.4 Å². The van der Waals surface area contributed by atoms with Gasteiger partial charge in [-0.15, -0.1) is 0 Å². The van der Waals surface area contributed by atoms with Gasteiger partial charge < -0.3 is 28.4 Å². The highest BCUT2D eigenvalue weighted by atomic mass is 16.5. The summed E-state index contributed by atoms with van der Waals surface area (Å²) < 4.78 is 36.7. The van der Waals surface area contributed by atoms with Crippen LogP contribution in [0.15, 0.2) is 37.4 Å².